The maximum Gasteiger partial charge on any atom is 0.222 e. The molecule has 0 amide bonds. The molecule has 0 fully saturated rings. The van der Waals surface area contributed by atoms with Crippen LogP contribution < -0.4 is 0 Å². The highest BCUT2D eigenvalue weighted by Gasteiger charge is 2.16. The number of unbranched alkanes of at least 4 members (excludes halogenated alkanes) is 6. The largest absolute Gasteiger partial charge is 0.490 e. The first kappa shape index (κ1) is 16.0. The summed E-state index contributed by atoms with van der Waals surface area (Å²) in [6, 6.07) is 0. The highest BCUT2D eigenvalue weighted by molar-refractivity contribution is 6.06. The van der Waals surface area contributed by atoms with Crippen LogP contribution in [0.4, 0.5) is 0 Å². The number of ketones is 1. The molecule has 0 bridgehead atoms. The lowest BCUT2D eigenvalue weighted by molar-refractivity contribution is -0.115. The molecule has 0 unspecified atom stereocenters. The Morgan fingerprint density at radius 3 is 2.53 bits per heavy atom. The summed E-state index contributed by atoms with van der Waals surface area (Å²) in [5, 5.41) is 0. The van der Waals surface area contributed by atoms with E-state index < -0.39 is 0 Å². The average molecular weight is 264 g/mol. The van der Waals surface area contributed by atoms with E-state index in [1.807, 2.05) is 6.08 Å². The summed E-state index contributed by atoms with van der Waals surface area (Å²) in [4.78, 5) is 12.0. The third-order valence-electron chi connectivity index (χ3n) is 3.56. The van der Waals surface area contributed by atoms with E-state index in [1.54, 1.807) is 0 Å². The Kier molecular flexibility index (Phi) is 8.28. The second kappa shape index (κ2) is 9.82. The van der Waals surface area contributed by atoms with Crippen molar-refractivity contribution in [2.75, 3.05) is 6.61 Å². The van der Waals surface area contributed by atoms with Crippen LogP contribution in [0.2, 0.25) is 0 Å². The van der Waals surface area contributed by atoms with Crippen LogP contribution in [-0.4, -0.2) is 12.4 Å². The lowest BCUT2D eigenvalue weighted by Gasteiger charge is -2.14. The van der Waals surface area contributed by atoms with Crippen molar-refractivity contribution in [3.63, 3.8) is 0 Å². The topological polar surface area (TPSA) is 26.3 Å². The van der Waals surface area contributed by atoms with Gasteiger partial charge in [-0.1, -0.05) is 52.0 Å². The lowest BCUT2D eigenvalue weighted by Crippen LogP contribution is -2.12. The average Bonchev–Trinajstić information content (AvgIpc) is 2.46. The van der Waals surface area contributed by atoms with Gasteiger partial charge < -0.3 is 4.74 Å². The highest BCUT2D eigenvalue weighted by atomic mass is 16.5. The molecule has 2 nitrogen and oxygen atoms in total. The molecule has 0 radical (unpaired) electrons. The first-order valence-electron chi connectivity index (χ1n) is 7.81. The monoisotopic (exact) mass is 264 g/mol. The Hall–Kier alpha value is -1.05. The molecule has 1 aliphatic rings. The van der Waals surface area contributed by atoms with E-state index in [2.05, 4.69) is 13.5 Å². The van der Waals surface area contributed by atoms with E-state index in [9.17, 15) is 4.79 Å². The molecule has 1 rings (SSSR count). The van der Waals surface area contributed by atoms with Crippen LogP contribution >= 0.6 is 0 Å². The summed E-state index contributed by atoms with van der Waals surface area (Å²) in [6.07, 6.45) is 13.5. The number of carbonyl (C=O) groups is 1. The third kappa shape index (κ3) is 6.60. The molecule has 0 saturated heterocycles. The van der Waals surface area contributed by atoms with Crippen LogP contribution in [0.25, 0.3) is 0 Å². The number of rotatable bonds is 10. The summed E-state index contributed by atoms with van der Waals surface area (Å²) in [6.45, 7) is 6.81. The van der Waals surface area contributed by atoms with Crippen LogP contribution in [0.15, 0.2) is 24.0 Å². The first-order valence-corrected chi connectivity index (χ1v) is 7.81. The van der Waals surface area contributed by atoms with Gasteiger partial charge in [0.15, 0.2) is 5.76 Å². The predicted molar refractivity (Wildman–Crippen MR) is 80.0 cm³/mol. The second-order valence-corrected chi connectivity index (χ2v) is 5.36. The summed E-state index contributed by atoms with van der Waals surface area (Å²) < 4.78 is 5.38. The van der Waals surface area contributed by atoms with Crippen molar-refractivity contribution in [2.24, 2.45) is 0 Å². The molecule has 0 aromatic carbocycles. The van der Waals surface area contributed by atoms with Crippen molar-refractivity contribution in [3.8, 4) is 0 Å². The third-order valence-corrected chi connectivity index (χ3v) is 3.56. The normalized spacial score (nSPS) is 14.7. The van der Waals surface area contributed by atoms with Gasteiger partial charge in [0.05, 0.1) is 6.61 Å². The fourth-order valence-electron chi connectivity index (χ4n) is 2.30. The Balaban J connectivity index is 2.10. The fourth-order valence-corrected chi connectivity index (χ4v) is 2.30. The minimum Gasteiger partial charge on any atom is -0.490 e. The van der Waals surface area contributed by atoms with Crippen molar-refractivity contribution in [2.45, 2.75) is 71.1 Å². The first-order chi connectivity index (χ1) is 9.25. The molecule has 0 aliphatic carbocycles. The number of hydrogen-bond donors (Lipinski definition) is 0. The van der Waals surface area contributed by atoms with Gasteiger partial charge in [0, 0.05) is 0 Å². The van der Waals surface area contributed by atoms with E-state index in [4.69, 9.17) is 4.74 Å². The van der Waals surface area contributed by atoms with Crippen LogP contribution in [0.1, 0.15) is 71.1 Å². The van der Waals surface area contributed by atoms with Gasteiger partial charge in [0.25, 0.3) is 0 Å². The van der Waals surface area contributed by atoms with Crippen LogP contribution in [0.3, 0.4) is 0 Å². The Labute approximate surface area is 117 Å². The molecule has 0 saturated carbocycles. The van der Waals surface area contributed by atoms with Crippen molar-refractivity contribution in [3.05, 3.63) is 24.0 Å². The van der Waals surface area contributed by atoms with Gasteiger partial charge >= 0.3 is 0 Å². The Bertz CT molecular complexity index is 315. The van der Waals surface area contributed by atoms with Crippen molar-refractivity contribution in [1.82, 2.24) is 0 Å². The standard InChI is InChI=1S/C17H28O2/c1-3-4-5-6-7-8-9-12-15(2)17(18)16-13-10-11-14-19-16/h13H,2-12,14H2,1H3. The second-order valence-electron chi connectivity index (χ2n) is 5.36. The highest BCUT2D eigenvalue weighted by Crippen LogP contribution is 2.18. The zero-order chi connectivity index (χ0) is 13.9. The van der Waals surface area contributed by atoms with E-state index in [0.717, 1.165) is 25.7 Å². The quantitative estimate of drug-likeness (QED) is 0.412. The number of carbonyl (C=O) groups excluding carboxylic acids is 1. The molecular weight excluding hydrogens is 236 g/mol. The van der Waals surface area contributed by atoms with Gasteiger partial charge in [0.2, 0.25) is 5.78 Å². The van der Waals surface area contributed by atoms with E-state index in [-0.39, 0.29) is 5.78 Å². The maximum atomic E-state index is 12.0. The fraction of sp³-hybridized carbons (Fsp3) is 0.706. The minimum absolute atomic E-state index is 0.0192. The van der Waals surface area contributed by atoms with Gasteiger partial charge in [-0.05, 0) is 37.3 Å². The molecule has 2 heteroatoms. The molecule has 0 spiro atoms. The van der Waals surface area contributed by atoms with Gasteiger partial charge in [-0.25, -0.2) is 0 Å². The minimum atomic E-state index is 0.0192. The summed E-state index contributed by atoms with van der Waals surface area (Å²) in [5.41, 5.74) is 0.710. The van der Waals surface area contributed by atoms with Crippen molar-refractivity contribution >= 4 is 5.78 Å². The van der Waals surface area contributed by atoms with Gasteiger partial charge in [-0.2, -0.15) is 0 Å². The number of ether oxygens (including phenoxy) is 1. The molecule has 0 aromatic heterocycles. The zero-order valence-electron chi connectivity index (χ0n) is 12.4. The summed E-state index contributed by atoms with van der Waals surface area (Å²) in [5.74, 6) is 0.546. The molecular formula is C17H28O2. The molecule has 19 heavy (non-hydrogen) atoms. The molecule has 0 N–H and O–H groups in total. The maximum absolute atomic E-state index is 12.0. The van der Waals surface area contributed by atoms with E-state index in [0.29, 0.717) is 17.9 Å². The van der Waals surface area contributed by atoms with E-state index >= 15 is 0 Å². The molecule has 0 atom stereocenters. The predicted octanol–water partition coefficient (Wildman–Crippen LogP) is 4.95. The van der Waals surface area contributed by atoms with Crippen LogP contribution in [0.5, 0.6) is 0 Å². The molecule has 1 aliphatic heterocycles. The van der Waals surface area contributed by atoms with Gasteiger partial charge in [-0.15, -0.1) is 0 Å². The van der Waals surface area contributed by atoms with Crippen LogP contribution in [0, 0.1) is 0 Å². The molecule has 1 heterocycles. The number of Topliss-reactive ketones (excluding diaryl/α,β-unsaturated/α-hetero) is 1. The number of allylic oxidation sites excluding steroid dienone is 2. The van der Waals surface area contributed by atoms with Crippen molar-refractivity contribution < 1.29 is 9.53 Å². The zero-order valence-corrected chi connectivity index (χ0v) is 12.4. The smallest absolute Gasteiger partial charge is 0.222 e. The Morgan fingerprint density at radius 1 is 1.21 bits per heavy atom. The van der Waals surface area contributed by atoms with E-state index in [1.165, 1.54) is 38.5 Å². The summed E-state index contributed by atoms with van der Waals surface area (Å²) >= 11 is 0. The SMILES string of the molecule is C=C(CCCCCCCCC)C(=O)C1=CCCCO1. The van der Waals surface area contributed by atoms with Gasteiger partial charge in [-0.3, -0.25) is 4.79 Å². The number of hydrogen-bond acceptors (Lipinski definition) is 2. The molecule has 108 valence electrons. The summed E-state index contributed by atoms with van der Waals surface area (Å²) in [7, 11) is 0. The molecule has 0 aromatic rings. The van der Waals surface area contributed by atoms with Gasteiger partial charge in [0.1, 0.15) is 0 Å². The lowest BCUT2D eigenvalue weighted by atomic mass is 10.0. The van der Waals surface area contributed by atoms with Crippen LogP contribution in [-0.2, 0) is 9.53 Å². The van der Waals surface area contributed by atoms with Crippen molar-refractivity contribution in [1.29, 1.82) is 0 Å². The Morgan fingerprint density at radius 2 is 1.89 bits per heavy atom.